The molecular formula is C21H25N3O3S. The number of aliphatic imine (C=N–C) groups is 1. The Hall–Kier alpha value is -2.51. The minimum absolute atomic E-state index is 0.0494. The maximum absolute atomic E-state index is 12.9. The lowest BCUT2D eigenvalue weighted by Gasteiger charge is -2.14. The molecule has 0 unspecified atom stereocenters. The lowest BCUT2D eigenvalue weighted by molar-refractivity contribution is -0.122. The Morgan fingerprint density at radius 2 is 1.93 bits per heavy atom. The molecule has 7 heteroatoms. The molecule has 2 aromatic rings. The fourth-order valence-corrected chi connectivity index (χ4v) is 3.75. The van der Waals surface area contributed by atoms with Crippen LogP contribution >= 0.6 is 11.8 Å². The van der Waals surface area contributed by atoms with Crippen LogP contribution in [0.15, 0.2) is 52.6 Å². The number of methoxy groups -OCH3 is 2. The summed E-state index contributed by atoms with van der Waals surface area (Å²) in [6.45, 7) is 5.16. The number of carbonyl (C=O) groups is 1. The van der Waals surface area contributed by atoms with Gasteiger partial charge in [-0.15, -0.1) is 0 Å². The van der Waals surface area contributed by atoms with Crippen LogP contribution in [-0.2, 0) is 9.53 Å². The zero-order valence-electron chi connectivity index (χ0n) is 16.6. The van der Waals surface area contributed by atoms with Crippen molar-refractivity contribution in [1.29, 1.82) is 0 Å². The lowest BCUT2D eigenvalue weighted by atomic mass is 10.3. The molecule has 6 nitrogen and oxygen atoms in total. The monoisotopic (exact) mass is 399 g/mol. The number of carbonyl (C=O) groups excluding carboxylic acids is 1. The summed E-state index contributed by atoms with van der Waals surface area (Å²) < 4.78 is 12.5. The Morgan fingerprint density at radius 1 is 1.18 bits per heavy atom. The lowest BCUT2D eigenvalue weighted by Crippen LogP contribution is -2.32. The van der Waals surface area contributed by atoms with E-state index in [4.69, 9.17) is 9.47 Å². The van der Waals surface area contributed by atoms with Crippen LogP contribution in [0.5, 0.6) is 5.75 Å². The van der Waals surface area contributed by atoms with Crippen LogP contribution in [0.4, 0.5) is 5.69 Å². The van der Waals surface area contributed by atoms with E-state index in [9.17, 15) is 4.79 Å². The Labute approximate surface area is 169 Å². The molecule has 1 aromatic heterocycles. The summed E-state index contributed by atoms with van der Waals surface area (Å²) in [6.07, 6.45) is 5.99. The van der Waals surface area contributed by atoms with Gasteiger partial charge in [0, 0.05) is 25.5 Å². The topological polar surface area (TPSA) is 56.1 Å². The van der Waals surface area contributed by atoms with Crippen molar-refractivity contribution in [1.82, 2.24) is 9.47 Å². The van der Waals surface area contributed by atoms with E-state index in [1.807, 2.05) is 48.8 Å². The average molecular weight is 400 g/mol. The van der Waals surface area contributed by atoms with Gasteiger partial charge in [-0.1, -0.05) is 0 Å². The first-order valence-electron chi connectivity index (χ1n) is 9.12. The van der Waals surface area contributed by atoms with E-state index in [0.29, 0.717) is 29.3 Å². The van der Waals surface area contributed by atoms with Gasteiger partial charge in [0.25, 0.3) is 5.91 Å². The number of hydrogen-bond acceptors (Lipinski definition) is 5. The van der Waals surface area contributed by atoms with Crippen LogP contribution in [0.1, 0.15) is 25.5 Å². The first kappa shape index (κ1) is 20.2. The summed E-state index contributed by atoms with van der Waals surface area (Å²) in [4.78, 5) is 19.9. The van der Waals surface area contributed by atoms with Crippen molar-refractivity contribution in [2.45, 2.75) is 19.9 Å². The third kappa shape index (κ3) is 4.66. The molecule has 1 aliphatic heterocycles. The number of nitrogens with zero attached hydrogens (tertiary/aromatic N) is 3. The van der Waals surface area contributed by atoms with Crippen molar-refractivity contribution in [3.63, 3.8) is 0 Å². The number of amidine groups is 1. The van der Waals surface area contributed by atoms with Crippen molar-refractivity contribution in [2.75, 3.05) is 27.4 Å². The highest BCUT2D eigenvalue weighted by atomic mass is 32.2. The molecule has 0 atom stereocenters. The first-order chi connectivity index (χ1) is 13.5. The summed E-state index contributed by atoms with van der Waals surface area (Å²) >= 11 is 1.39. The van der Waals surface area contributed by atoms with Crippen LogP contribution in [0.25, 0.3) is 6.08 Å². The number of hydrogen-bond donors (Lipinski definition) is 0. The normalized spacial score (nSPS) is 17.3. The SMILES string of the molecule is COCCN1C(=O)/C(=C\c2ccn(C(C)C)c2)SC1=Nc1ccc(OC)cc1. The van der Waals surface area contributed by atoms with Gasteiger partial charge in [-0.3, -0.25) is 9.69 Å². The molecule has 0 aliphatic carbocycles. The summed E-state index contributed by atoms with van der Waals surface area (Å²) in [5.41, 5.74) is 1.77. The Balaban J connectivity index is 1.88. The van der Waals surface area contributed by atoms with E-state index in [1.54, 1.807) is 19.1 Å². The molecule has 1 aromatic carbocycles. The standard InChI is InChI=1S/C21H25N3O3S/c1-15(2)23-10-9-16(14-23)13-19-20(25)24(11-12-26-3)21(28-19)22-17-5-7-18(27-4)8-6-17/h5-10,13-15H,11-12H2,1-4H3/b19-13+,22-21?. The van der Waals surface area contributed by atoms with E-state index >= 15 is 0 Å². The number of aromatic nitrogens is 1. The molecule has 1 saturated heterocycles. The van der Waals surface area contributed by atoms with Gasteiger partial charge in [-0.2, -0.15) is 0 Å². The maximum atomic E-state index is 12.9. The van der Waals surface area contributed by atoms with E-state index in [0.717, 1.165) is 17.0 Å². The fraction of sp³-hybridized carbons (Fsp3) is 0.333. The molecule has 0 spiro atoms. The van der Waals surface area contributed by atoms with Crippen LogP contribution in [0.3, 0.4) is 0 Å². The molecule has 28 heavy (non-hydrogen) atoms. The number of thioether (sulfide) groups is 1. The largest absolute Gasteiger partial charge is 0.497 e. The minimum Gasteiger partial charge on any atom is -0.497 e. The quantitative estimate of drug-likeness (QED) is 0.651. The molecule has 0 radical (unpaired) electrons. The highest BCUT2D eigenvalue weighted by Gasteiger charge is 2.33. The maximum Gasteiger partial charge on any atom is 0.266 e. The second-order valence-electron chi connectivity index (χ2n) is 6.64. The van der Waals surface area contributed by atoms with Gasteiger partial charge in [-0.05, 0) is 67.6 Å². The summed E-state index contributed by atoms with van der Waals surface area (Å²) in [7, 11) is 3.25. The molecule has 1 amide bonds. The predicted octanol–water partition coefficient (Wildman–Crippen LogP) is 4.33. The highest BCUT2D eigenvalue weighted by molar-refractivity contribution is 8.18. The number of benzene rings is 1. The molecule has 1 aliphatic rings. The van der Waals surface area contributed by atoms with E-state index in [2.05, 4.69) is 23.4 Å². The van der Waals surface area contributed by atoms with Gasteiger partial charge in [-0.25, -0.2) is 4.99 Å². The molecule has 0 saturated carbocycles. The summed E-state index contributed by atoms with van der Waals surface area (Å²) in [5.74, 6) is 0.720. The average Bonchev–Trinajstić information content (AvgIpc) is 3.27. The zero-order valence-corrected chi connectivity index (χ0v) is 17.4. The second kappa shape index (κ2) is 9.12. The van der Waals surface area contributed by atoms with Crippen LogP contribution in [0, 0.1) is 0 Å². The van der Waals surface area contributed by atoms with Gasteiger partial charge < -0.3 is 14.0 Å². The Bertz CT molecular complexity index is 885. The van der Waals surface area contributed by atoms with Crippen LogP contribution < -0.4 is 4.74 Å². The molecule has 0 bridgehead atoms. The summed E-state index contributed by atoms with van der Waals surface area (Å²) in [6, 6.07) is 9.84. The van der Waals surface area contributed by atoms with Gasteiger partial charge >= 0.3 is 0 Å². The van der Waals surface area contributed by atoms with Crippen LogP contribution in [0.2, 0.25) is 0 Å². The van der Waals surface area contributed by atoms with Gasteiger partial charge in [0.1, 0.15) is 5.75 Å². The smallest absolute Gasteiger partial charge is 0.266 e. The molecular weight excluding hydrogens is 374 g/mol. The van der Waals surface area contributed by atoms with Crippen molar-refractivity contribution >= 4 is 34.6 Å². The molecule has 2 heterocycles. The van der Waals surface area contributed by atoms with Crippen molar-refractivity contribution in [3.05, 3.63) is 53.2 Å². The van der Waals surface area contributed by atoms with E-state index in [1.165, 1.54) is 11.8 Å². The number of rotatable bonds is 7. The molecule has 148 valence electrons. The van der Waals surface area contributed by atoms with Gasteiger partial charge in [0.05, 0.1) is 30.9 Å². The second-order valence-corrected chi connectivity index (χ2v) is 7.65. The predicted molar refractivity (Wildman–Crippen MR) is 114 cm³/mol. The van der Waals surface area contributed by atoms with Gasteiger partial charge in [0.15, 0.2) is 5.17 Å². The highest BCUT2D eigenvalue weighted by Crippen LogP contribution is 2.34. The first-order valence-corrected chi connectivity index (χ1v) is 9.94. The van der Waals surface area contributed by atoms with Crippen molar-refractivity contribution in [2.24, 2.45) is 4.99 Å². The van der Waals surface area contributed by atoms with E-state index in [-0.39, 0.29) is 5.91 Å². The van der Waals surface area contributed by atoms with Gasteiger partial charge in [0.2, 0.25) is 0 Å². The van der Waals surface area contributed by atoms with Crippen molar-refractivity contribution < 1.29 is 14.3 Å². The molecule has 3 rings (SSSR count). The minimum atomic E-state index is -0.0494. The summed E-state index contributed by atoms with van der Waals surface area (Å²) in [5, 5.41) is 0.654. The Kier molecular flexibility index (Phi) is 6.59. The van der Waals surface area contributed by atoms with Crippen molar-refractivity contribution in [3.8, 4) is 5.75 Å². The third-order valence-corrected chi connectivity index (χ3v) is 5.34. The number of amides is 1. The zero-order chi connectivity index (χ0) is 20.1. The Morgan fingerprint density at radius 3 is 2.54 bits per heavy atom. The van der Waals surface area contributed by atoms with Crippen LogP contribution in [-0.4, -0.2) is 47.9 Å². The molecule has 1 fully saturated rings. The van der Waals surface area contributed by atoms with E-state index < -0.39 is 0 Å². The number of ether oxygens (including phenoxy) is 2. The fourth-order valence-electron chi connectivity index (χ4n) is 2.73. The third-order valence-electron chi connectivity index (χ3n) is 4.34. The molecule has 0 N–H and O–H groups in total.